The van der Waals surface area contributed by atoms with Crippen LogP contribution in [0.4, 0.5) is 5.82 Å². The normalized spacial score (nSPS) is 31.1. The number of aromatic amines is 1. The third-order valence-corrected chi connectivity index (χ3v) is 6.06. The molecule has 112 valence electrons. The quantitative estimate of drug-likeness (QED) is 0.850. The predicted octanol–water partition coefficient (Wildman–Crippen LogP) is 2.57. The molecule has 0 atom stereocenters. The van der Waals surface area contributed by atoms with Crippen molar-refractivity contribution in [1.29, 1.82) is 0 Å². The second-order valence-electron chi connectivity index (χ2n) is 6.46. The maximum atomic E-state index is 4.50. The van der Waals surface area contributed by atoms with Crippen LogP contribution in [0.25, 0.3) is 11.0 Å². The van der Waals surface area contributed by atoms with Gasteiger partial charge in [-0.2, -0.15) is 0 Å². The lowest BCUT2D eigenvalue weighted by Crippen LogP contribution is -2.56. The first-order chi connectivity index (χ1) is 10.2. The molecule has 6 heteroatoms. The van der Waals surface area contributed by atoms with E-state index >= 15 is 0 Å². The lowest BCUT2D eigenvalue weighted by molar-refractivity contribution is 0.0163. The fourth-order valence-electron chi connectivity index (χ4n) is 4.02. The Morgan fingerprint density at radius 3 is 2.90 bits per heavy atom. The highest BCUT2D eigenvalue weighted by atomic mass is 32.2. The molecule has 2 heterocycles. The van der Waals surface area contributed by atoms with Gasteiger partial charge in [-0.15, -0.1) is 0 Å². The summed E-state index contributed by atoms with van der Waals surface area (Å²) in [6.45, 7) is 0. The van der Waals surface area contributed by atoms with Gasteiger partial charge in [0.1, 0.15) is 17.8 Å². The monoisotopic (exact) mass is 303 g/mol. The van der Waals surface area contributed by atoms with Gasteiger partial charge in [-0.3, -0.25) is 4.72 Å². The van der Waals surface area contributed by atoms with Gasteiger partial charge in [-0.1, -0.05) is 11.9 Å². The Kier molecular flexibility index (Phi) is 3.11. The molecule has 0 saturated heterocycles. The molecule has 1 spiro atoms. The zero-order valence-electron chi connectivity index (χ0n) is 12.5. The SMILES string of the molecule is CNSC1CC2(C1)CC(N(C)c1ncnc3[nH]ccc13)C2. The highest BCUT2D eigenvalue weighted by molar-refractivity contribution is 7.98. The number of rotatable bonds is 4. The minimum absolute atomic E-state index is 0.623. The summed E-state index contributed by atoms with van der Waals surface area (Å²) in [4.78, 5) is 14.3. The Balaban J connectivity index is 1.44. The summed E-state index contributed by atoms with van der Waals surface area (Å²) >= 11 is 1.89. The summed E-state index contributed by atoms with van der Waals surface area (Å²) in [7, 11) is 4.19. The van der Waals surface area contributed by atoms with E-state index in [0.29, 0.717) is 11.5 Å². The molecule has 4 rings (SSSR count). The maximum Gasteiger partial charge on any atom is 0.142 e. The van der Waals surface area contributed by atoms with Gasteiger partial charge in [0.25, 0.3) is 0 Å². The minimum Gasteiger partial charge on any atom is -0.356 e. The molecule has 21 heavy (non-hydrogen) atoms. The van der Waals surface area contributed by atoms with Crippen LogP contribution in [0.5, 0.6) is 0 Å². The van der Waals surface area contributed by atoms with Crippen molar-refractivity contribution in [2.24, 2.45) is 5.41 Å². The van der Waals surface area contributed by atoms with Gasteiger partial charge >= 0.3 is 0 Å². The van der Waals surface area contributed by atoms with Gasteiger partial charge in [-0.25, -0.2) is 9.97 Å². The first-order valence-electron chi connectivity index (χ1n) is 7.54. The molecule has 0 aliphatic heterocycles. The number of nitrogens with one attached hydrogen (secondary N) is 2. The fraction of sp³-hybridized carbons (Fsp3) is 0.600. The van der Waals surface area contributed by atoms with E-state index in [9.17, 15) is 0 Å². The molecule has 2 aliphatic carbocycles. The molecular weight excluding hydrogens is 282 g/mol. The maximum absolute atomic E-state index is 4.50. The van der Waals surface area contributed by atoms with E-state index in [4.69, 9.17) is 0 Å². The molecule has 0 aromatic carbocycles. The van der Waals surface area contributed by atoms with Crippen molar-refractivity contribution < 1.29 is 0 Å². The zero-order chi connectivity index (χ0) is 14.4. The van der Waals surface area contributed by atoms with E-state index in [2.05, 4.69) is 37.7 Å². The number of nitrogens with zero attached hydrogens (tertiary/aromatic N) is 3. The number of fused-ring (bicyclic) bond motifs is 1. The smallest absolute Gasteiger partial charge is 0.142 e. The molecule has 2 fully saturated rings. The number of hydrogen-bond donors (Lipinski definition) is 2. The van der Waals surface area contributed by atoms with Crippen LogP contribution in [0, 0.1) is 5.41 Å². The highest BCUT2D eigenvalue weighted by Crippen LogP contribution is 2.60. The number of H-pyrrole nitrogens is 1. The first-order valence-corrected chi connectivity index (χ1v) is 8.42. The summed E-state index contributed by atoms with van der Waals surface area (Å²) in [5.41, 5.74) is 1.55. The molecule has 2 N–H and O–H groups in total. The van der Waals surface area contributed by atoms with E-state index in [-0.39, 0.29) is 0 Å². The summed E-state index contributed by atoms with van der Waals surface area (Å²) in [6, 6.07) is 2.69. The lowest BCUT2D eigenvalue weighted by atomic mass is 9.53. The number of anilines is 1. The molecule has 5 nitrogen and oxygen atoms in total. The minimum atomic E-state index is 0.623. The number of aromatic nitrogens is 3. The van der Waals surface area contributed by atoms with E-state index in [1.54, 1.807) is 6.33 Å². The van der Waals surface area contributed by atoms with Crippen LogP contribution in [-0.2, 0) is 0 Å². The van der Waals surface area contributed by atoms with Crippen LogP contribution >= 0.6 is 11.9 Å². The second kappa shape index (κ2) is 4.88. The van der Waals surface area contributed by atoms with E-state index in [1.807, 2.05) is 25.2 Å². The molecule has 2 aromatic rings. The average molecular weight is 303 g/mol. The van der Waals surface area contributed by atoms with Crippen molar-refractivity contribution in [2.75, 3.05) is 19.0 Å². The van der Waals surface area contributed by atoms with Crippen molar-refractivity contribution >= 4 is 28.8 Å². The lowest BCUT2D eigenvalue weighted by Gasteiger charge is -2.59. The largest absolute Gasteiger partial charge is 0.356 e. The van der Waals surface area contributed by atoms with Gasteiger partial charge in [0.2, 0.25) is 0 Å². The summed E-state index contributed by atoms with van der Waals surface area (Å²) in [6.07, 6.45) is 8.94. The van der Waals surface area contributed by atoms with Crippen LogP contribution in [0.15, 0.2) is 18.6 Å². The molecular formula is C15H21N5S. The average Bonchev–Trinajstić information content (AvgIpc) is 2.87. The Morgan fingerprint density at radius 2 is 2.14 bits per heavy atom. The van der Waals surface area contributed by atoms with Crippen molar-refractivity contribution in [3.05, 3.63) is 18.6 Å². The Morgan fingerprint density at radius 1 is 1.33 bits per heavy atom. The molecule has 0 unspecified atom stereocenters. The highest BCUT2D eigenvalue weighted by Gasteiger charge is 2.54. The summed E-state index contributed by atoms with van der Waals surface area (Å²) in [5.74, 6) is 1.06. The topological polar surface area (TPSA) is 56.8 Å². The zero-order valence-corrected chi connectivity index (χ0v) is 13.3. The van der Waals surface area contributed by atoms with Gasteiger partial charge < -0.3 is 9.88 Å². The third-order valence-electron chi connectivity index (χ3n) is 5.16. The Labute approximate surface area is 129 Å². The molecule has 2 aromatic heterocycles. The van der Waals surface area contributed by atoms with Gasteiger partial charge in [0.05, 0.1) is 5.39 Å². The van der Waals surface area contributed by atoms with Crippen LogP contribution in [0.1, 0.15) is 25.7 Å². The molecule has 0 amide bonds. The second-order valence-corrected chi connectivity index (χ2v) is 7.77. The van der Waals surface area contributed by atoms with E-state index < -0.39 is 0 Å². The Bertz CT molecular complexity index is 640. The standard InChI is InChI=1S/C15H21N5S/c1-16-21-11-7-15(8-11)5-10(6-15)20(2)14-12-3-4-17-13(12)18-9-19-14/h3-4,9-11,16H,5-8H2,1-2H3,(H,17,18,19). The van der Waals surface area contributed by atoms with Gasteiger partial charge in [0.15, 0.2) is 0 Å². The van der Waals surface area contributed by atoms with Crippen molar-refractivity contribution in [3.63, 3.8) is 0 Å². The van der Waals surface area contributed by atoms with E-state index in [0.717, 1.165) is 22.1 Å². The molecule has 2 saturated carbocycles. The molecule has 2 aliphatic rings. The fourth-order valence-corrected chi connectivity index (χ4v) is 5.22. The van der Waals surface area contributed by atoms with Crippen molar-refractivity contribution in [3.8, 4) is 0 Å². The molecule has 0 radical (unpaired) electrons. The van der Waals surface area contributed by atoms with Gasteiger partial charge in [0, 0.05) is 24.5 Å². The van der Waals surface area contributed by atoms with Crippen LogP contribution in [0.3, 0.4) is 0 Å². The van der Waals surface area contributed by atoms with Crippen LogP contribution in [0.2, 0.25) is 0 Å². The molecule has 0 bridgehead atoms. The summed E-state index contributed by atoms with van der Waals surface area (Å²) in [5, 5.41) is 1.94. The van der Waals surface area contributed by atoms with E-state index in [1.165, 1.54) is 25.7 Å². The van der Waals surface area contributed by atoms with Gasteiger partial charge in [-0.05, 0) is 44.2 Å². The Hall–Kier alpha value is -1.27. The summed E-state index contributed by atoms with van der Waals surface area (Å²) < 4.78 is 3.22. The third kappa shape index (κ3) is 2.12. The van der Waals surface area contributed by atoms with Crippen molar-refractivity contribution in [2.45, 2.75) is 37.0 Å². The van der Waals surface area contributed by atoms with Crippen LogP contribution < -0.4 is 9.62 Å². The van der Waals surface area contributed by atoms with Crippen LogP contribution in [-0.4, -0.2) is 40.3 Å². The predicted molar refractivity (Wildman–Crippen MR) is 87.4 cm³/mol. The number of hydrogen-bond acceptors (Lipinski definition) is 5. The van der Waals surface area contributed by atoms with Crippen molar-refractivity contribution in [1.82, 2.24) is 19.7 Å². The first kappa shape index (κ1) is 13.4.